The van der Waals surface area contributed by atoms with Crippen molar-refractivity contribution in [3.05, 3.63) is 59.0 Å². The molecule has 0 radical (unpaired) electrons. The Bertz CT molecular complexity index is 1010. The molecule has 6 nitrogen and oxygen atoms in total. The molecule has 0 spiro atoms. The lowest BCUT2D eigenvalue weighted by Crippen LogP contribution is -2.52. The molecule has 1 aliphatic heterocycles. The van der Waals surface area contributed by atoms with E-state index >= 15 is 0 Å². The van der Waals surface area contributed by atoms with Crippen molar-refractivity contribution in [2.75, 3.05) is 31.5 Å². The second kappa shape index (κ2) is 9.07. The quantitative estimate of drug-likeness (QED) is 0.643. The summed E-state index contributed by atoms with van der Waals surface area (Å²) in [7, 11) is 0. The molecule has 2 aromatic heterocycles. The molecule has 1 saturated heterocycles. The molecule has 0 aliphatic carbocycles. The molecular weight excluding hydrogens is 403 g/mol. The number of nitrogens with zero attached hydrogens (tertiary/aromatic N) is 3. The summed E-state index contributed by atoms with van der Waals surface area (Å²) in [5.74, 6) is 1.22. The molecule has 1 fully saturated rings. The van der Waals surface area contributed by atoms with Gasteiger partial charge in [0.2, 0.25) is 5.91 Å². The highest BCUT2D eigenvalue weighted by molar-refractivity contribution is 7.13. The summed E-state index contributed by atoms with van der Waals surface area (Å²) >= 11 is 1.59. The van der Waals surface area contributed by atoms with Crippen LogP contribution in [-0.2, 0) is 11.3 Å². The molecule has 1 amide bonds. The van der Waals surface area contributed by atoms with Gasteiger partial charge in [0, 0.05) is 43.8 Å². The van der Waals surface area contributed by atoms with Gasteiger partial charge in [-0.1, -0.05) is 6.07 Å². The topological polar surface area (TPSA) is 61.6 Å². The second-order valence-corrected chi connectivity index (χ2v) is 8.40. The SMILES string of the molecule is Cc1ccc(-c2nc(CN3CCN([C@H](C)C(=O)Nc4cccc(F)c4)CC3)cs2)o1. The highest BCUT2D eigenvalue weighted by Crippen LogP contribution is 2.26. The minimum atomic E-state index is -0.360. The van der Waals surface area contributed by atoms with Gasteiger partial charge in [0.1, 0.15) is 11.6 Å². The van der Waals surface area contributed by atoms with E-state index < -0.39 is 0 Å². The molecule has 3 aromatic rings. The molecule has 0 unspecified atom stereocenters. The number of halogens is 1. The van der Waals surface area contributed by atoms with Gasteiger partial charge in [-0.15, -0.1) is 11.3 Å². The number of nitrogens with one attached hydrogen (secondary N) is 1. The summed E-state index contributed by atoms with van der Waals surface area (Å²) < 4.78 is 19.0. The van der Waals surface area contributed by atoms with Crippen molar-refractivity contribution in [2.24, 2.45) is 0 Å². The van der Waals surface area contributed by atoms with Crippen LogP contribution in [-0.4, -0.2) is 52.9 Å². The van der Waals surface area contributed by atoms with Crippen molar-refractivity contribution < 1.29 is 13.6 Å². The minimum absolute atomic E-state index is 0.119. The van der Waals surface area contributed by atoms with Crippen molar-refractivity contribution in [1.29, 1.82) is 0 Å². The number of anilines is 1. The second-order valence-electron chi connectivity index (χ2n) is 7.54. The zero-order valence-corrected chi connectivity index (χ0v) is 17.9. The van der Waals surface area contributed by atoms with Crippen molar-refractivity contribution in [3.63, 3.8) is 0 Å². The Balaban J connectivity index is 1.27. The lowest BCUT2D eigenvalue weighted by atomic mass is 10.2. The first kappa shape index (κ1) is 20.7. The molecule has 0 saturated carbocycles. The Kier molecular flexibility index (Phi) is 6.26. The Morgan fingerprint density at radius 3 is 2.77 bits per heavy atom. The van der Waals surface area contributed by atoms with Crippen molar-refractivity contribution in [3.8, 4) is 10.8 Å². The van der Waals surface area contributed by atoms with Gasteiger partial charge >= 0.3 is 0 Å². The maximum absolute atomic E-state index is 13.3. The summed E-state index contributed by atoms with van der Waals surface area (Å²) in [5.41, 5.74) is 1.52. The van der Waals surface area contributed by atoms with Crippen LogP contribution in [0.3, 0.4) is 0 Å². The predicted molar refractivity (Wildman–Crippen MR) is 116 cm³/mol. The number of hydrogen-bond donors (Lipinski definition) is 1. The van der Waals surface area contributed by atoms with Gasteiger partial charge < -0.3 is 9.73 Å². The normalized spacial score (nSPS) is 16.5. The number of furan rings is 1. The van der Waals surface area contributed by atoms with E-state index in [0.717, 1.165) is 54.9 Å². The number of aromatic nitrogens is 1. The van der Waals surface area contributed by atoms with Crippen LogP contribution in [0.25, 0.3) is 10.8 Å². The summed E-state index contributed by atoms with van der Waals surface area (Å²) in [4.78, 5) is 21.7. The summed E-state index contributed by atoms with van der Waals surface area (Å²) in [6.07, 6.45) is 0. The van der Waals surface area contributed by atoms with Crippen molar-refractivity contribution in [2.45, 2.75) is 26.4 Å². The average molecular weight is 429 g/mol. The van der Waals surface area contributed by atoms with Gasteiger partial charge in [-0.05, 0) is 44.2 Å². The van der Waals surface area contributed by atoms with Crippen LogP contribution in [0.15, 0.2) is 46.2 Å². The van der Waals surface area contributed by atoms with E-state index in [-0.39, 0.29) is 17.8 Å². The fourth-order valence-electron chi connectivity index (χ4n) is 3.56. The number of piperazine rings is 1. The summed E-state index contributed by atoms with van der Waals surface area (Å²) in [6, 6.07) is 9.59. The van der Waals surface area contributed by atoms with E-state index in [2.05, 4.69) is 20.5 Å². The molecule has 1 aromatic carbocycles. The molecule has 1 N–H and O–H groups in total. The molecule has 158 valence electrons. The van der Waals surface area contributed by atoms with Crippen LogP contribution in [0.5, 0.6) is 0 Å². The average Bonchev–Trinajstić information content (AvgIpc) is 3.37. The maximum Gasteiger partial charge on any atom is 0.241 e. The number of aryl methyl sites for hydroxylation is 1. The van der Waals surface area contributed by atoms with Crippen molar-refractivity contribution >= 4 is 22.9 Å². The standard InChI is InChI=1S/C22H25FN4O2S/c1-15-6-7-20(29-15)22-25-19(14-30-22)13-26-8-10-27(11-9-26)16(2)21(28)24-18-5-3-4-17(23)12-18/h3-7,12,14,16H,8-11,13H2,1-2H3,(H,24,28)/t16-/m1/s1. The third-order valence-corrected chi connectivity index (χ3v) is 6.22. The zero-order valence-electron chi connectivity index (χ0n) is 17.1. The van der Waals surface area contributed by atoms with Gasteiger partial charge in [-0.3, -0.25) is 14.6 Å². The lowest BCUT2D eigenvalue weighted by Gasteiger charge is -2.37. The summed E-state index contributed by atoms with van der Waals surface area (Å²) in [6.45, 7) is 7.93. The highest BCUT2D eigenvalue weighted by atomic mass is 32.1. The van der Waals surface area contributed by atoms with Crippen LogP contribution in [0.2, 0.25) is 0 Å². The van der Waals surface area contributed by atoms with Crippen LogP contribution in [0.4, 0.5) is 10.1 Å². The van der Waals surface area contributed by atoms with E-state index in [1.165, 1.54) is 12.1 Å². The van der Waals surface area contributed by atoms with Crippen LogP contribution >= 0.6 is 11.3 Å². The summed E-state index contributed by atoms with van der Waals surface area (Å²) in [5, 5.41) is 5.78. The van der Waals surface area contributed by atoms with E-state index in [1.54, 1.807) is 23.5 Å². The lowest BCUT2D eigenvalue weighted by molar-refractivity contribution is -0.121. The molecule has 30 heavy (non-hydrogen) atoms. The zero-order chi connectivity index (χ0) is 21.1. The fourth-order valence-corrected chi connectivity index (χ4v) is 4.33. The maximum atomic E-state index is 13.3. The van der Waals surface area contributed by atoms with Gasteiger partial charge in [-0.25, -0.2) is 9.37 Å². The molecule has 1 atom stereocenters. The third-order valence-electron chi connectivity index (χ3n) is 5.31. The van der Waals surface area contributed by atoms with Gasteiger partial charge in [-0.2, -0.15) is 0 Å². The number of carbonyl (C=O) groups excluding carboxylic acids is 1. The first-order valence-corrected chi connectivity index (χ1v) is 10.9. The number of amides is 1. The number of rotatable bonds is 6. The van der Waals surface area contributed by atoms with Crippen molar-refractivity contribution in [1.82, 2.24) is 14.8 Å². The Labute approximate surface area is 179 Å². The Morgan fingerprint density at radius 2 is 2.07 bits per heavy atom. The monoisotopic (exact) mass is 428 g/mol. The molecule has 3 heterocycles. The van der Waals surface area contributed by atoms with E-state index in [0.29, 0.717) is 5.69 Å². The number of carbonyl (C=O) groups is 1. The smallest absolute Gasteiger partial charge is 0.241 e. The minimum Gasteiger partial charge on any atom is -0.459 e. The largest absolute Gasteiger partial charge is 0.459 e. The predicted octanol–water partition coefficient (Wildman–Crippen LogP) is 4.00. The van der Waals surface area contributed by atoms with E-state index in [1.807, 2.05) is 26.0 Å². The molecule has 0 bridgehead atoms. The highest BCUT2D eigenvalue weighted by Gasteiger charge is 2.26. The molecule has 1 aliphatic rings. The molecule has 4 rings (SSSR count). The molecule has 8 heteroatoms. The fraction of sp³-hybridized carbons (Fsp3) is 0.364. The van der Waals surface area contributed by atoms with Gasteiger partial charge in [0.15, 0.2) is 10.8 Å². The Hall–Kier alpha value is -2.55. The number of benzene rings is 1. The molecular formula is C22H25FN4O2S. The van der Waals surface area contributed by atoms with E-state index in [9.17, 15) is 9.18 Å². The van der Waals surface area contributed by atoms with Crippen LogP contribution < -0.4 is 5.32 Å². The van der Waals surface area contributed by atoms with Gasteiger partial charge in [0.25, 0.3) is 0 Å². The van der Waals surface area contributed by atoms with Crippen LogP contribution in [0.1, 0.15) is 18.4 Å². The first-order chi connectivity index (χ1) is 14.5. The first-order valence-electron chi connectivity index (χ1n) is 10.0. The van der Waals surface area contributed by atoms with Crippen LogP contribution in [0, 0.1) is 12.7 Å². The van der Waals surface area contributed by atoms with E-state index in [4.69, 9.17) is 9.40 Å². The van der Waals surface area contributed by atoms with Gasteiger partial charge in [0.05, 0.1) is 11.7 Å². The Morgan fingerprint density at radius 1 is 1.27 bits per heavy atom. The number of thiazole rings is 1. The number of hydrogen-bond acceptors (Lipinski definition) is 6. The third kappa shape index (κ3) is 4.95.